The van der Waals surface area contributed by atoms with E-state index in [4.69, 9.17) is 21.1 Å². The van der Waals surface area contributed by atoms with Crippen molar-refractivity contribution in [1.29, 1.82) is 0 Å². The van der Waals surface area contributed by atoms with Gasteiger partial charge in [-0.25, -0.2) is 0 Å². The third kappa shape index (κ3) is 1.72. The lowest BCUT2D eigenvalue weighted by Gasteiger charge is -2.14. The van der Waals surface area contributed by atoms with Crippen LogP contribution < -0.4 is 9.47 Å². The molecule has 0 N–H and O–H groups in total. The van der Waals surface area contributed by atoms with E-state index in [1.165, 1.54) is 0 Å². The van der Waals surface area contributed by atoms with E-state index in [0.29, 0.717) is 16.5 Å². The Morgan fingerprint density at radius 3 is 2.12 bits per heavy atom. The van der Waals surface area contributed by atoms with Crippen molar-refractivity contribution in [2.75, 3.05) is 14.2 Å². The Hall–Kier alpha value is -0.680. The summed E-state index contributed by atoms with van der Waals surface area (Å²) in [6, 6.07) is 7.96. The lowest BCUT2D eigenvalue weighted by atomic mass is 10.1. The van der Waals surface area contributed by atoms with E-state index >= 15 is 0 Å². The summed E-state index contributed by atoms with van der Waals surface area (Å²) in [5, 5.41) is 2.68. The molecule has 2 aromatic rings. The summed E-state index contributed by atoms with van der Waals surface area (Å²) in [7, 11) is 3.21. The molecule has 0 spiro atoms. The average Bonchev–Trinajstić information content (AvgIpc) is 2.33. The summed E-state index contributed by atoms with van der Waals surface area (Å²) in [5.74, 6) is 1.27. The van der Waals surface area contributed by atoms with E-state index in [1.807, 2.05) is 24.3 Å². The van der Waals surface area contributed by atoms with Gasteiger partial charge in [0.1, 0.15) is 5.02 Å². The number of hydrogen-bond acceptors (Lipinski definition) is 2. The van der Waals surface area contributed by atoms with Crippen LogP contribution in [0.3, 0.4) is 0 Å². The maximum Gasteiger partial charge on any atom is 0.181 e. The van der Waals surface area contributed by atoms with Crippen molar-refractivity contribution in [2.45, 2.75) is 0 Å². The summed E-state index contributed by atoms with van der Waals surface area (Å²) >= 11 is 8.46. The van der Waals surface area contributed by atoms with Gasteiger partial charge in [-0.3, -0.25) is 0 Å². The fraction of sp³-hybridized carbons (Fsp3) is 0.167. The predicted octanol–water partition coefficient (Wildman–Crippen LogP) is 4.12. The van der Waals surface area contributed by atoms with Crippen LogP contribution in [-0.4, -0.2) is 14.2 Å². The molecule has 0 bridgehead atoms. The Morgan fingerprint density at radius 1 is 1.00 bits per heavy atom. The summed E-state index contributed by atoms with van der Waals surface area (Å²) in [6.45, 7) is 0. The van der Waals surface area contributed by atoms with Gasteiger partial charge in [-0.15, -0.1) is 0 Å². The van der Waals surface area contributed by atoms with Gasteiger partial charge >= 0.3 is 0 Å². The Morgan fingerprint density at radius 2 is 1.56 bits per heavy atom. The van der Waals surface area contributed by atoms with Crippen molar-refractivity contribution in [3.8, 4) is 11.5 Å². The summed E-state index contributed by atoms with van der Waals surface area (Å²) in [4.78, 5) is 0. The fourth-order valence-corrected chi connectivity index (χ4v) is 2.68. The second-order valence-corrected chi connectivity index (χ2v) is 4.70. The Balaban J connectivity index is 2.94. The highest BCUT2D eigenvalue weighted by atomic mass is 127. The van der Waals surface area contributed by atoms with Gasteiger partial charge in [0.05, 0.1) is 14.2 Å². The molecule has 0 atom stereocenters. The highest BCUT2D eigenvalue weighted by Gasteiger charge is 2.17. The number of halogens is 2. The van der Waals surface area contributed by atoms with Crippen LogP contribution in [0.5, 0.6) is 11.5 Å². The minimum absolute atomic E-state index is 0.590. The van der Waals surface area contributed by atoms with Crippen molar-refractivity contribution in [2.24, 2.45) is 0 Å². The maximum atomic E-state index is 6.24. The van der Waals surface area contributed by atoms with Gasteiger partial charge in [0.15, 0.2) is 11.5 Å². The molecule has 2 rings (SSSR count). The SMILES string of the molecule is COc1c(Cl)c(I)c2ccccc2c1OC. The van der Waals surface area contributed by atoms with E-state index < -0.39 is 0 Å². The highest BCUT2D eigenvalue weighted by molar-refractivity contribution is 14.1. The average molecular weight is 349 g/mol. The quantitative estimate of drug-likeness (QED) is 0.760. The highest BCUT2D eigenvalue weighted by Crippen LogP contribution is 2.44. The zero-order chi connectivity index (χ0) is 11.7. The van der Waals surface area contributed by atoms with E-state index in [1.54, 1.807) is 14.2 Å². The van der Waals surface area contributed by atoms with Gasteiger partial charge in [0.2, 0.25) is 0 Å². The molecule has 0 amide bonds. The van der Waals surface area contributed by atoms with Gasteiger partial charge in [-0.2, -0.15) is 0 Å². The minimum atomic E-state index is 0.590. The summed E-state index contributed by atoms with van der Waals surface area (Å²) in [6.07, 6.45) is 0. The summed E-state index contributed by atoms with van der Waals surface area (Å²) < 4.78 is 11.6. The molecule has 0 aliphatic rings. The first-order valence-electron chi connectivity index (χ1n) is 4.68. The first kappa shape index (κ1) is 11.8. The topological polar surface area (TPSA) is 18.5 Å². The van der Waals surface area contributed by atoms with E-state index in [0.717, 1.165) is 14.3 Å². The van der Waals surface area contributed by atoms with Crippen LogP contribution in [0.15, 0.2) is 24.3 Å². The minimum Gasteiger partial charge on any atom is -0.492 e. The van der Waals surface area contributed by atoms with Gasteiger partial charge in [-0.1, -0.05) is 35.9 Å². The lowest BCUT2D eigenvalue weighted by Crippen LogP contribution is -1.95. The zero-order valence-electron chi connectivity index (χ0n) is 8.88. The van der Waals surface area contributed by atoms with Gasteiger partial charge in [-0.05, 0) is 22.6 Å². The molecule has 0 aromatic heterocycles. The molecule has 4 heteroatoms. The molecule has 0 fully saturated rings. The normalized spacial score (nSPS) is 10.5. The fourth-order valence-electron chi connectivity index (χ4n) is 1.70. The smallest absolute Gasteiger partial charge is 0.181 e. The number of benzene rings is 2. The van der Waals surface area contributed by atoms with Crippen LogP contribution in [-0.2, 0) is 0 Å². The first-order chi connectivity index (χ1) is 7.70. The van der Waals surface area contributed by atoms with E-state index in [-0.39, 0.29) is 0 Å². The number of hydrogen-bond donors (Lipinski definition) is 0. The monoisotopic (exact) mass is 348 g/mol. The number of fused-ring (bicyclic) bond motifs is 1. The second kappa shape index (κ2) is 4.67. The first-order valence-corrected chi connectivity index (χ1v) is 6.14. The van der Waals surface area contributed by atoms with Crippen molar-refractivity contribution in [3.05, 3.63) is 32.9 Å². The molecule has 0 aliphatic carbocycles. The second-order valence-electron chi connectivity index (χ2n) is 3.24. The predicted molar refractivity (Wildman–Crippen MR) is 74.8 cm³/mol. The van der Waals surface area contributed by atoms with Crippen LogP contribution >= 0.6 is 34.2 Å². The van der Waals surface area contributed by atoms with Crippen molar-refractivity contribution >= 4 is 45.0 Å². The molecule has 16 heavy (non-hydrogen) atoms. The lowest BCUT2D eigenvalue weighted by molar-refractivity contribution is 0.358. The van der Waals surface area contributed by atoms with Crippen LogP contribution in [0.4, 0.5) is 0 Å². The third-order valence-electron chi connectivity index (χ3n) is 2.41. The summed E-state index contributed by atoms with van der Waals surface area (Å²) in [5.41, 5.74) is 0. The van der Waals surface area contributed by atoms with Crippen LogP contribution in [0.25, 0.3) is 10.8 Å². The van der Waals surface area contributed by atoms with Crippen LogP contribution in [0.2, 0.25) is 5.02 Å². The van der Waals surface area contributed by atoms with E-state index in [9.17, 15) is 0 Å². The molecule has 0 radical (unpaired) electrons. The molecular weight excluding hydrogens is 338 g/mol. The molecule has 0 heterocycles. The largest absolute Gasteiger partial charge is 0.492 e. The molecule has 0 saturated heterocycles. The van der Waals surface area contributed by atoms with Crippen LogP contribution in [0, 0.1) is 3.57 Å². The van der Waals surface area contributed by atoms with Crippen molar-refractivity contribution in [3.63, 3.8) is 0 Å². The van der Waals surface area contributed by atoms with Gasteiger partial charge < -0.3 is 9.47 Å². The third-order valence-corrected chi connectivity index (χ3v) is 4.21. The standard InChI is InChI=1S/C12H10ClIO2/c1-15-11-8-6-4-3-5-7(8)10(14)9(13)12(11)16-2/h3-6H,1-2H3. The number of rotatable bonds is 2. The molecule has 0 aliphatic heterocycles. The van der Waals surface area contributed by atoms with Crippen molar-refractivity contribution in [1.82, 2.24) is 0 Å². The molecule has 2 nitrogen and oxygen atoms in total. The Labute approximate surface area is 113 Å². The van der Waals surface area contributed by atoms with E-state index in [2.05, 4.69) is 22.6 Å². The Kier molecular flexibility index (Phi) is 3.44. The molecule has 0 saturated carbocycles. The maximum absolute atomic E-state index is 6.24. The number of ether oxygens (including phenoxy) is 2. The molecule has 2 aromatic carbocycles. The Bertz CT molecular complexity index is 540. The van der Waals surface area contributed by atoms with Gasteiger partial charge in [0, 0.05) is 14.3 Å². The molecule has 0 unspecified atom stereocenters. The van der Waals surface area contributed by atoms with Gasteiger partial charge in [0.25, 0.3) is 0 Å². The number of methoxy groups -OCH3 is 2. The zero-order valence-corrected chi connectivity index (χ0v) is 11.8. The van der Waals surface area contributed by atoms with Crippen LogP contribution in [0.1, 0.15) is 0 Å². The molecular formula is C12H10ClIO2. The molecule has 84 valence electrons. The van der Waals surface area contributed by atoms with Crippen molar-refractivity contribution < 1.29 is 9.47 Å².